The third-order valence-electron chi connectivity index (χ3n) is 4.23. The van der Waals surface area contributed by atoms with E-state index in [1.807, 2.05) is 5.32 Å². The van der Waals surface area contributed by atoms with Crippen LogP contribution in [0.1, 0.15) is 17.4 Å². The maximum absolute atomic E-state index is 13.2. The molecular weight excluding hydrogens is 417 g/mol. The predicted octanol–water partition coefficient (Wildman–Crippen LogP) is 3.09. The van der Waals surface area contributed by atoms with Gasteiger partial charge in [0.05, 0.1) is 31.7 Å². The number of carbonyl (C=O) groups is 2. The third kappa shape index (κ3) is 5.87. The monoisotopic (exact) mass is 436 g/mol. The van der Waals surface area contributed by atoms with Crippen molar-refractivity contribution in [3.05, 3.63) is 66.4 Å². The number of hydrogen-bond acceptors (Lipinski definition) is 5. The van der Waals surface area contributed by atoms with Crippen molar-refractivity contribution < 1.29 is 31.9 Å². The Balaban J connectivity index is 1.58. The number of nitrogens with zero attached hydrogens (tertiary/aromatic N) is 2. The highest BCUT2D eigenvalue weighted by molar-refractivity contribution is 5.92. The second-order valence-electron chi connectivity index (χ2n) is 6.52. The SMILES string of the molecule is COc1ccccc1CC(=O)Nc1cnn(CC(=O)NC(c2ccco2)C(F)(F)F)c1. The lowest BCUT2D eigenvalue weighted by Crippen LogP contribution is -2.39. The molecule has 0 bridgehead atoms. The number of anilines is 1. The van der Waals surface area contributed by atoms with Gasteiger partial charge in [-0.2, -0.15) is 18.3 Å². The smallest absolute Gasteiger partial charge is 0.415 e. The fourth-order valence-electron chi connectivity index (χ4n) is 2.87. The highest BCUT2D eigenvalue weighted by Gasteiger charge is 2.43. The summed E-state index contributed by atoms with van der Waals surface area (Å²) in [7, 11) is 1.50. The molecule has 3 aromatic rings. The molecule has 0 aliphatic carbocycles. The molecule has 0 radical (unpaired) electrons. The van der Waals surface area contributed by atoms with Gasteiger partial charge in [-0.25, -0.2) is 0 Å². The van der Waals surface area contributed by atoms with Crippen LogP contribution in [0.15, 0.2) is 59.5 Å². The number of benzene rings is 1. The Morgan fingerprint density at radius 3 is 2.65 bits per heavy atom. The molecule has 0 aliphatic heterocycles. The Morgan fingerprint density at radius 2 is 1.97 bits per heavy atom. The van der Waals surface area contributed by atoms with Gasteiger partial charge in [-0.05, 0) is 18.2 Å². The second-order valence-corrected chi connectivity index (χ2v) is 6.52. The van der Waals surface area contributed by atoms with E-state index in [1.54, 1.807) is 24.3 Å². The fraction of sp³-hybridized carbons (Fsp3) is 0.250. The fourth-order valence-corrected chi connectivity index (χ4v) is 2.87. The van der Waals surface area contributed by atoms with Gasteiger partial charge in [-0.1, -0.05) is 18.2 Å². The predicted molar refractivity (Wildman–Crippen MR) is 103 cm³/mol. The van der Waals surface area contributed by atoms with Crippen molar-refractivity contribution in [2.24, 2.45) is 0 Å². The summed E-state index contributed by atoms with van der Waals surface area (Å²) in [5.74, 6) is -1.12. The molecule has 11 heteroatoms. The maximum atomic E-state index is 13.2. The van der Waals surface area contributed by atoms with E-state index in [-0.39, 0.29) is 12.3 Å². The summed E-state index contributed by atoms with van der Waals surface area (Å²) in [6.07, 6.45) is -0.953. The lowest BCUT2D eigenvalue weighted by atomic mass is 10.1. The number of halogens is 3. The van der Waals surface area contributed by atoms with Crippen molar-refractivity contribution in [3.8, 4) is 5.75 Å². The standard InChI is InChI=1S/C20H19F3N4O4/c1-30-15-6-3-2-5-13(15)9-17(28)25-14-10-24-27(11-14)12-18(29)26-19(20(21,22)23)16-7-4-8-31-16/h2-8,10-11,19H,9,12H2,1H3,(H,25,28)(H,26,29). The summed E-state index contributed by atoms with van der Waals surface area (Å²) in [6, 6.07) is 7.20. The average molecular weight is 436 g/mol. The van der Waals surface area contributed by atoms with Crippen LogP contribution in [0.2, 0.25) is 0 Å². The highest BCUT2D eigenvalue weighted by atomic mass is 19.4. The molecule has 2 heterocycles. The van der Waals surface area contributed by atoms with Gasteiger partial charge in [0.15, 0.2) is 6.04 Å². The van der Waals surface area contributed by atoms with E-state index in [2.05, 4.69) is 10.4 Å². The van der Waals surface area contributed by atoms with Gasteiger partial charge >= 0.3 is 6.18 Å². The van der Waals surface area contributed by atoms with E-state index in [0.29, 0.717) is 17.0 Å². The minimum atomic E-state index is -4.73. The lowest BCUT2D eigenvalue weighted by molar-refractivity contribution is -0.167. The number of para-hydroxylation sites is 1. The Kier molecular flexibility index (Phi) is 6.63. The zero-order valence-corrected chi connectivity index (χ0v) is 16.3. The van der Waals surface area contributed by atoms with E-state index in [1.165, 1.54) is 25.6 Å². The van der Waals surface area contributed by atoms with Crippen molar-refractivity contribution in [1.29, 1.82) is 0 Å². The zero-order valence-electron chi connectivity index (χ0n) is 16.3. The van der Waals surface area contributed by atoms with Crippen LogP contribution in [0.5, 0.6) is 5.75 Å². The number of nitrogens with one attached hydrogen (secondary N) is 2. The van der Waals surface area contributed by atoms with Crippen LogP contribution in [0, 0.1) is 0 Å². The number of hydrogen-bond donors (Lipinski definition) is 2. The Hall–Kier alpha value is -3.76. The van der Waals surface area contributed by atoms with Crippen molar-refractivity contribution in [2.45, 2.75) is 25.2 Å². The first-order valence-electron chi connectivity index (χ1n) is 9.10. The van der Waals surface area contributed by atoms with Crippen molar-refractivity contribution >= 4 is 17.5 Å². The molecule has 2 aromatic heterocycles. The largest absolute Gasteiger partial charge is 0.496 e. The molecule has 31 heavy (non-hydrogen) atoms. The first-order valence-corrected chi connectivity index (χ1v) is 9.10. The molecule has 0 aliphatic rings. The number of alkyl halides is 3. The van der Waals surface area contributed by atoms with Crippen LogP contribution < -0.4 is 15.4 Å². The summed E-state index contributed by atoms with van der Waals surface area (Å²) >= 11 is 0. The van der Waals surface area contributed by atoms with Crippen LogP contribution in [-0.4, -0.2) is 34.9 Å². The molecule has 0 spiro atoms. The number of rotatable bonds is 8. The molecule has 1 atom stereocenters. The Labute approximate surface area is 175 Å². The average Bonchev–Trinajstić information content (AvgIpc) is 3.38. The minimum Gasteiger partial charge on any atom is -0.496 e. The maximum Gasteiger partial charge on any atom is 0.415 e. The van der Waals surface area contributed by atoms with Gasteiger partial charge < -0.3 is 19.8 Å². The number of ether oxygens (including phenoxy) is 1. The van der Waals surface area contributed by atoms with E-state index < -0.39 is 30.4 Å². The number of methoxy groups -OCH3 is 1. The summed E-state index contributed by atoms with van der Waals surface area (Å²) in [4.78, 5) is 24.3. The van der Waals surface area contributed by atoms with Crippen molar-refractivity contribution in [1.82, 2.24) is 15.1 Å². The van der Waals surface area contributed by atoms with Gasteiger partial charge in [0, 0.05) is 11.8 Å². The quantitative estimate of drug-likeness (QED) is 0.566. The summed E-state index contributed by atoms with van der Waals surface area (Å²) in [5.41, 5.74) is 0.983. The van der Waals surface area contributed by atoms with Crippen LogP contribution >= 0.6 is 0 Å². The van der Waals surface area contributed by atoms with E-state index in [4.69, 9.17) is 9.15 Å². The highest BCUT2D eigenvalue weighted by Crippen LogP contribution is 2.32. The topological polar surface area (TPSA) is 98.4 Å². The lowest BCUT2D eigenvalue weighted by Gasteiger charge is -2.19. The molecule has 2 N–H and O–H groups in total. The van der Waals surface area contributed by atoms with Crippen molar-refractivity contribution in [3.63, 3.8) is 0 Å². The summed E-state index contributed by atoms with van der Waals surface area (Å²) < 4.78 is 50.7. The minimum absolute atomic E-state index is 0.0477. The number of amides is 2. The third-order valence-corrected chi connectivity index (χ3v) is 4.23. The van der Waals surface area contributed by atoms with Crippen LogP contribution in [-0.2, 0) is 22.6 Å². The first kappa shape index (κ1) is 21.9. The van der Waals surface area contributed by atoms with Gasteiger partial charge in [-0.3, -0.25) is 14.3 Å². The molecule has 1 aromatic carbocycles. The molecule has 0 saturated heterocycles. The molecule has 2 amide bonds. The molecule has 0 saturated carbocycles. The van der Waals surface area contributed by atoms with E-state index in [9.17, 15) is 22.8 Å². The number of furan rings is 1. The Morgan fingerprint density at radius 1 is 1.19 bits per heavy atom. The van der Waals surface area contributed by atoms with Crippen LogP contribution in [0.25, 0.3) is 0 Å². The van der Waals surface area contributed by atoms with E-state index in [0.717, 1.165) is 17.0 Å². The van der Waals surface area contributed by atoms with Gasteiger partial charge in [-0.15, -0.1) is 0 Å². The molecular formula is C20H19F3N4O4. The number of carbonyl (C=O) groups excluding carboxylic acids is 2. The number of aromatic nitrogens is 2. The Bertz CT molecular complexity index is 1030. The van der Waals surface area contributed by atoms with E-state index >= 15 is 0 Å². The molecule has 164 valence electrons. The van der Waals surface area contributed by atoms with Gasteiger partial charge in [0.1, 0.15) is 18.1 Å². The van der Waals surface area contributed by atoms with Crippen LogP contribution in [0.4, 0.5) is 18.9 Å². The summed E-state index contributed by atoms with van der Waals surface area (Å²) in [6.45, 7) is -0.477. The molecule has 1 unspecified atom stereocenters. The first-order chi connectivity index (χ1) is 14.8. The normalized spacial score (nSPS) is 12.3. The van der Waals surface area contributed by atoms with Crippen molar-refractivity contribution in [2.75, 3.05) is 12.4 Å². The zero-order chi connectivity index (χ0) is 22.4. The molecule has 0 fully saturated rings. The second kappa shape index (κ2) is 9.37. The summed E-state index contributed by atoms with van der Waals surface area (Å²) in [5, 5.41) is 8.40. The van der Waals surface area contributed by atoms with Gasteiger partial charge in [0.2, 0.25) is 11.8 Å². The van der Waals surface area contributed by atoms with Gasteiger partial charge in [0.25, 0.3) is 0 Å². The molecule has 3 rings (SSSR count). The molecule has 8 nitrogen and oxygen atoms in total. The van der Waals surface area contributed by atoms with Crippen LogP contribution in [0.3, 0.4) is 0 Å².